The number of hydrogen-bond acceptors (Lipinski definition) is 2. The van der Waals surface area contributed by atoms with E-state index >= 15 is 0 Å². The van der Waals surface area contributed by atoms with Gasteiger partial charge in [-0.05, 0) is 49.2 Å². The maximum Gasteiger partial charge on any atom is 0.0590 e. The van der Waals surface area contributed by atoms with Crippen LogP contribution in [0.1, 0.15) is 24.1 Å². The van der Waals surface area contributed by atoms with E-state index in [9.17, 15) is 0 Å². The molecule has 0 spiro atoms. The molecule has 0 radical (unpaired) electrons. The van der Waals surface area contributed by atoms with Gasteiger partial charge in [0.05, 0.1) is 17.4 Å². The molecule has 20 heavy (non-hydrogen) atoms. The molecule has 0 aromatic heterocycles. The number of anilines is 2. The molecular weight excluding hydrogens is 359 g/mol. The fraction of sp³-hybridized carbons (Fsp3) is 0.200. The Balaban J connectivity index is 2.27. The molecule has 0 heterocycles. The summed E-state index contributed by atoms with van der Waals surface area (Å²) in [7, 11) is 0. The number of nitrogens with one attached hydrogen (secondary N) is 1. The molecule has 5 heteroatoms. The second-order valence-corrected chi connectivity index (χ2v) is 6.42. The van der Waals surface area contributed by atoms with Gasteiger partial charge in [0.15, 0.2) is 0 Å². The number of hydrogen-bond donors (Lipinski definition) is 2. The lowest BCUT2D eigenvalue weighted by molar-refractivity contribution is 0.885. The largest absolute Gasteiger partial charge is 0.397 e. The Bertz CT molecular complexity index is 644. The lowest BCUT2D eigenvalue weighted by Crippen LogP contribution is -2.09. The van der Waals surface area contributed by atoms with E-state index in [4.69, 9.17) is 28.9 Å². The molecule has 0 saturated heterocycles. The Kier molecular flexibility index (Phi) is 4.84. The summed E-state index contributed by atoms with van der Waals surface area (Å²) in [6.45, 7) is 4.03. The summed E-state index contributed by atoms with van der Waals surface area (Å²) in [5, 5.41) is 4.64. The van der Waals surface area contributed by atoms with Crippen LogP contribution < -0.4 is 11.1 Å². The molecule has 0 unspecified atom stereocenters. The van der Waals surface area contributed by atoms with Gasteiger partial charge in [0.2, 0.25) is 0 Å². The van der Waals surface area contributed by atoms with Crippen molar-refractivity contribution < 1.29 is 0 Å². The van der Waals surface area contributed by atoms with Gasteiger partial charge in [-0.1, -0.05) is 45.2 Å². The van der Waals surface area contributed by atoms with Crippen LogP contribution in [0, 0.1) is 6.92 Å². The summed E-state index contributed by atoms with van der Waals surface area (Å²) < 4.78 is 1.02. The number of nitrogens with two attached hydrogens (primary N) is 1. The van der Waals surface area contributed by atoms with Crippen molar-refractivity contribution in [3.05, 3.63) is 56.0 Å². The highest BCUT2D eigenvalue weighted by Gasteiger charge is 2.12. The van der Waals surface area contributed by atoms with Gasteiger partial charge in [0, 0.05) is 14.5 Å². The van der Waals surface area contributed by atoms with Crippen LogP contribution in [0.4, 0.5) is 11.4 Å². The third-order valence-electron chi connectivity index (χ3n) is 3.13. The summed E-state index contributed by atoms with van der Waals surface area (Å²) in [5.41, 5.74) is 9.71. The highest BCUT2D eigenvalue weighted by Crippen LogP contribution is 2.32. The van der Waals surface area contributed by atoms with Gasteiger partial charge >= 0.3 is 0 Å². The number of rotatable bonds is 3. The molecule has 1 atom stereocenters. The fourth-order valence-corrected chi connectivity index (χ4v) is 2.91. The second-order valence-electron chi connectivity index (χ2n) is 4.72. The van der Waals surface area contributed by atoms with Crippen LogP contribution in [0.3, 0.4) is 0 Å². The van der Waals surface area contributed by atoms with Crippen molar-refractivity contribution in [2.24, 2.45) is 0 Å². The van der Waals surface area contributed by atoms with Crippen LogP contribution in [0.25, 0.3) is 0 Å². The first kappa shape index (κ1) is 15.5. The highest BCUT2D eigenvalue weighted by molar-refractivity contribution is 9.10. The zero-order valence-electron chi connectivity index (χ0n) is 11.2. The molecule has 0 aliphatic rings. The molecule has 2 aromatic rings. The average molecular weight is 374 g/mol. The maximum absolute atomic E-state index is 6.22. The minimum atomic E-state index is 0.0247. The fourth-order valence-electron chi connectivity index (χ4n) is 1.99. The lowest BCUT2D eigenvalue weighted by atomic mass is 10.1. The topological polar surface area (TPSA) is 38.0 Å². The smallest absolute Gasteiger partial charge is 0.0590 e. The van der Waals surface area contributed by atoms with Crippen molar-refractivity contribution in [1.82, 2.24) is 0 Å². The Morgan fingerprint density at radius 2 is 1.90 bits per heavy atom. The minimum absolute atomic E-state index is 0.0247. The molecule has 106 valence electrons. The van der Waals surface area contributed by atoms with E-state index in [1.165, 1.54) is 0 Å². The van der Waals surface area contributed by atoms with E-state index in [1.807, 2.05) is 38.1 Å². The predicted octanol–water partition coefficient (Wildman–Crippen LogP) is 5.82. The first-order valence-electron chi connectivity index (χ1n) is 6.15. The molecular formula is C15H15BrCl2N2. The Labute approximate surface area is 137 Å². The molecule has 0 aliphatic heterocycles. The number of benzene rings is 2. The van der Waals surface area contributed by atoms with Gasteiger partial charge in [-0.2, -0.15) is 0 Å². The third kappa shape index (κ3) is 3.40. The SMILES string of the molecule is Cc1cc(N)c(N[C@H](C)c2ccc(Cl)cc2Cl)cc1Br. The van der Waals surface area contributed by atoms with Crippen LogP contribution >= 0.6 is 39.1 Å². The van der Waals surface area contributed by atoms with Crippen LogP contribution in [-0.2, 0) is 0 Å². The van der Waals surface area contributed by atoms with E-state index in [1.54, 1.807) is 6.07 Å². The monoisotopic (exact) mass is 372 g/mol. The van der Waals surface area contributed by atoms with Crippen LogP contribution in [0.5, 0.6) is 0 Å². The van der Waals surface area contributed by atoms with E-state index in [-0.39, 0.29) is 6.04 Å². The van der Waals surface area contributed by atoms with Gasteiger partial charge in [-0.15, -0.1) is 0 Å². The molecule has 0 aliphatic carbocycles. The quantitative estimate of drug-likeness (QED) is 0.665. The molecule has 2 nitrogen and oxygen atoms in total. The maximum atomic E-state index is 6.22. The molecule has 0 bridgehead atoms. The Hall–Kier alpha value is -0.900. The second kappa shape index (κ2) is 6.25. The zero-order chi connectivity index (χ0) is 14.9. The van der Waals surface area contributed by atoms with Crippen molar-refractivity contribution >= 4 is 50.5 Å². The van der Waals surface area contributed by atoms with Crippen molar-refractivity contribution in [2.75, 3.05) is 11.1 Å². The number of nitrogen functional groups attached to an aromatic ring is 1. The van der Waals surface area contributed by atoms with Gasteiger partial charge in [-0.25, -0.2) is 0 Å². The van der Waals surface area contributed by atoms with Gasteiger partial charge in [-0.3, -0.25) is 0 Å². The zero-order valence-corrected chi connectivity index (χ0v) is 14.3. The molecule has 0 saturated carbocycles. The van der Waals surface area contributed by atoms with E-state index in [2.05, 4.69) is 21.2 Å². The van der Waals surface area contributed by atoms with Crippen LogP contribution in [0.15, 0.2) is 34.8 Å². The predicted molar refractivity (Wildman–Crippen MR) is 91.8 cm³/mol. The van der Waals surface area contributed by atoms with Crippen molar-refractivity contribution in [2.45, 2.75) is 19.9 Å². The van der Waals surface area contributed by atoms with Crippen LogP contribution in [-0.4, -0.2) is 0 Å². The molecule has 3 N–H and O–H groups in total. The summed E-state index contributed by atoms with van der Waals surface area (Å²) in [4.78, 5) is 0. The van der Waals surface area contributed by atoms with Crippen molar-refractivity contribution in [1.29, 1.82) is 0 Å². The summed E-state index contributed by atoms with van der Waals surface area (Å²) in [5.74, 6) is 0. The van der Waals surface area contributed by atoms with Gasteiger partial charge < -0.3 is 11.1 Å². The third-order valence-corrected chi connectivity index (χ3v) is 4.55. The van der Waals surface area contributed by atoms with Crippen LogP contribution in [0.2, 0.25) is 10.0 Å². The first-order valence-corrected chi connectivity index (χ1v) is 7.70. The number of halogens is 3. The summed E-state index contributed by atoms with van der Waals surface area (Å²) in [6.07, 6.45) is 0. The van der Waals surface area contributed by atoms with Gasteiger partial charge in [0.25, 0.3) is 0 Å². The normalized spacial score (nSPS) is 12.2. The Morgan fingerprint density at radius 3 is 2.55 bits per heavy atom. The highest BCUT2D eigenvalue weighted by atomic mass is 79.9. The Morgan fingerprint density at radius 1 is 1.20 bits per heavy atom. The number of aryl methyl sites for hydroxylation is 1. The van der Waals surface area contributed by atoms with E-state index in [0.29, 0.717) is 15.7 Å². The molecule has 0 fully saturated rings. The summed E-state index contributed by atoms with van der Waals surface area (Å²) >= 11 is 15.6. The first-order chi connectivity index (χ1) is 9.38. The standard InChI is InChI=1S/C15H15BrCl2N2/c1-8-5-14(19)15(7-12(8)16)20-9(2)11-4-3-10(17)6-13(11)18/h3-7,9,20H,19H2,1-2H3/t9-/m1/s1. The summed E-state index contributed by atoms with van der Waals surface area (Å²) in [6, 6.07) is 9.42. The van der Waals surface area contributed by atoms with Gasteiger partial charge in [0.1, 0.15) is 0 Å². The van der Waals surface area contributed by atoms with Crippen molar-refractivity contribution in [3.8, 4) is 0 Å². The molecule has 0 amide bonds. The average Bonchev–Trinajstić information content (AvgIpc) is 2.35. The molecule has 2 aromatic carbocycles. The lowest BCUT2D eigenvalue weighted by Gasteiger charge is -2.19. The minimum Gasteiger partial charge on any atom is -0.397 e. The van der Waals surface area contributed by atoms with Crippen molar-refractivity contribution in [3.63, 3.8) is 0 Å². The van der Waals surface area contributed by atoms with E-state index < -0.39 is 0 Å². The van der Waals surface area contributed by atoms with E-state index in [0.717, 1.165) is 21.3 Å². The molecule has 2 rings (SSSR count).